The van der Waals surface area contributed by atoms with E-state index in [9.17, 15) is 57.5 Å². The van der Waals surface area contributed by atoms with E-state index in [0.29, 0.717) is 135 Å². The quantitative estimate of drug-likeness (QED) is 0.0102. The van der Waals surface area contributed by atoms with E-state index in [-0.39, 0.29) is 146 Å². The Hall–Kier alpha value is -16.7. The molecule has 2 unspecified atom stereocenters. The zero-order valence-corrected chi connectivity index (χ0v) is 77.9. The number of nitrogens with zero attached hydrogens (tertiary/aromatic N) is 16. The summed E-state index contributed by atoms with van der Waals surface area (Å²) in [5.41, 5.74) is 15.6. The first-order valence-corrected chi connectivity index (χ1v) is 44.9. The number of fused-ring (bicyclic) bond motifs is 6. The van der Waals surface area contributed by atoms with Crippen molar-refractivity contribution >= 4 is 145 Å². The Kier molecular flexibility index (Phi) is 28.1. The second kappa shape index (κ2) is 40.9. The zero-order valence-electron chi connectivity index (χ0n) is 77.9. The fourth-order valence-electron chi connectivity index (χ4n) is 17.4. The van der Waals surface area contributed by atoms with E-state index in [4.69, 9.17) is 34.2 Å². The molecule has 3 saturated heterocycles. The molecular weight excluding hydrogens is 1790 g/mol. The number of nitrogens with one attached hydrogen (secondary N) is 5. The van der Waals surface area contributed by atoms with Crippen molar-refractivity contribution in [2.75, 3.05) is 83.3 Å². The van der Waals surface area contributed by atoms with Gasteiger partial charge in [-0.3, -0.25) is 58.3 Å². The van der Waals surface area contributed by atoms with Gasteiger partial charge < -0.3 is 92.6 Å². The predicted octanol–water partition coefficient (Wildman–Crippen LogP) is 12.4. The van der Waals surface area contributed by atoms with E-state index in [1.54, 1.807) is 204 Å². The molecule has 0 aliphatic carbocycles. The number of amides is 8. The van der Waals surface area contributed by atoms with Crippen molar-refractivity contribution in [1.82, 2.24) is 66.7 Å². The molecule has 40 nitrogen and oxygen atoms in total. The summed E-state index contributed by atoms with van der Waals surface area (Å²) in [6, 6.07) is 22.7. The highest BCUT2D eigenvalue weighted by Gasteiger charge is 2.49. The highest BCUT2D eigenvalue weighted by atomic mass is 16.7. The van der Waals surface area contributed by atoms with E-state index in [0.717, 1.165) is 34.9 Å². The van der Waals surface area contributed by atoms with E-state index in [1.807, 2.05) is 6.92 Å². The van der Waals surface area contributed by atoms with E-state index in [2.05, 4.69) is 78.1 Å². The number of anilines is 7. The van der Waals surface area contributed by atoms with Gasteiger partial charge in [0.1, 0.15) is 47.5 Å². The third-order valence-electron chi connectivity index (χ3n) is 24.1. The Morgan fingerprint density at radius 1 is 0.547 bits per heavy atom. The molecule has 12 aromatic rings. The number of ketones is 2. The average molecular weight is 1890 g/mol. The summed E-state index contributed by atoms with van der Waals surface area (Å²) in [7, 11) is 10.0. The standard InChI is InChI=1S/C56H61N11O12.C43H43N11O6/c1-8-17-77-55(73)59-37-16-15-36-28-57-67(40(36)25-37)53(72)43-26-38(31-63(43)6)58-51(70)42-23-35(30-62(42)5)24-45(68)50-61-47(32-64(50)7)60-48(69)13-12-20-75-46-27-41-39(22-34(46)4)52(71)65-29-33(3)21-44(65)54(66(41)56(74)78-18-9-2)79-49-14-10-11-19-76-49;1-24-11-30-19-45-32-17-37(25(2)12-31(32)42(58)53(30)20-24)60-10-6-7-39(56)48-38-23-52(5)40(49-38)36(55)14-26-13-34(50(3)21-26)41(57)47-29-16-35(51(4)22-29)43(59)54-33-15-28(44)9-8-27(33)18-46-54/h8-9,15-16,22-23,25-28,30-32,44,49,54H,1-3,10-14,17-21,24,29H2,4-7H3,(H,58,70)(H,59,73)(H,60,69);8-9,12-13,15-19,21-23,30H,1,6-7,10-11,14,20,44H2,2-5H3,(H,47,57)(H,48,56)/t44-,49?,54?;30-/m00/s1. The summed E-state index contributed by atoms with van der Waals surface area (Å²) < 4.78 is 47.1. The Labute approximate surface area is 796 Å². The van der Waals surface area contributed by atoms with Gasteiger partial charge in [-0.05, 0) is 154 Å². The molecular formula is C99H104N22O18. The molecule has 0 saturated carbocycles. The summed E-state index contributed by atoms with van der Waals surface area (Å²) in [5, 5.41) is 23.7. The van der Waals surface area contributed by atoms with Crippen LogP contribution in [0.5, 0.6) is 11.5 Å². The number of Topliss-reactive ketones (excluding diaryl/α,β-unsaturated/α-hetero) is 2. The number of aliphatic imine (C=N–C) groups is 1. The van der Waals surface area contributed by atoms with Crippen LogP contribution in [0.2, 0.25) is 0 Å². The fourth-order valence-corrected chi connectivity index (χ4v) is 17.4. The Morgan fingerprint density at radius 3 is 1.64 bits per heavy atom. The number of ether oxygens (including phenoxy) is 6. The van der Waals surface area contributed by atoms with Gasteiger partial charge >= 0.3 is 12.2 Å². The number of benzene rings is 4. The molecule has 40 heteroatoms. The number of hydrogen-bond donors (Lipinski definition) is 6. The van der Waals surface area contributed by atoms with Gasteiger partial charge in [-0.25, -0.2) is 24.5 Å². The van der Waals surface area contributed by atoms with Crippen molar-refractivity contribution in [3.63, 3.8) is 0 Å². The van der Waals surface area contributed by atoms with Crippen LogP contribution in [-0.2, 0) is 83.7 Å². The minimum atomic E-state index is -0.962. The Morgan fingerprint density at radius 2 is 1.07 bits per heavy atom. The number of nitrogen functional groups attached to an aromatic ring is 1. The van der Waals surface area contributed by atoms with Crippen LogP contribution < -0.4 is 46.7 Å². The van der Waals surface area contributed by atoms with Crippen molar-refractivity contribution < 1.29 is 86.0 Å². The van der Waals surface area contributed by atoms with Crippen molar-refractivity contribution in [3.05, 3.63) is 252 Å². The van der Waals surface area contributed by atoms with Gasteiger partial charge in [0.15, 0.2) is 35.8 Å². The summed E-state index contributed by atoms with van der Waals surface area (Å²) in [5.74, 6) is -1.88. The molecule has 718 valence electrons. The van der Waals surface area contributed by atoms with Crippen LogP contribution in [0, 0.1) is 13.8 Å². The maximum Gasteiger partial charge on any atom is 0.416 e. The third-order valence-corrected chi connectivity index (χ3v) is 24.1. The molecule has 0 spiro atoms. The first kappa shape index (κ1) is 95.5. The lowest BCUT2D eigenvalue weighted by molar-refractivity contribution is -0.195. The molecule has 139 heavy (non-hydrogen) atoms. The topological polar surface area (TPSA) is 459 Å². The molecule has 5 aliphatic rings. The zero-order chi connectivity index (χ0) is 98.5. The smallest absolute Gasteiger partial charge is 0.416 e. The van der Waals surface area contributed by atoms with Gasteiger partial charge in [-0.1, -0.05) is 49.6 Å². The summed E-state index contributed by atoms with van der Waals surface area (Å²) >= 11 is 0. The van der Waals surface area contributed by atoms with Crippen LogP contribution in [0.4, 0.5) is 55.3 Å². The number of rotatable bonds is 31. The highest BCUT2D eigenvalue weighted by molar-refractivity contribution is 6.10. The van der Waals surface area contributed by atoms with E-state index in [1.165, 1.54) is 49.4 Å². The third kappa shape index (κ3) is 21.1. The molecule has 5 aliphatic heterocycles. The average Bonchev–Trinajstić information content (AvgIpc) is 1.59. The lowest BCUT2D eigenvalue weighted by Gasteiger charge is -2.38. The molecule has 8 amide bonds. The van der Waals surface area contributed by atoms with Crippen LogP contribution in [-0.4, -0.2) is 215 Å². The van der Waals surface area contributed by atoms with Gasteiger partial charge in [0.05, 0.1) is 82.6 Å². The molecule has 7 N–H and O–H groups in total. The Balaban J connectivity index is 0.000000208. The second-order valence-electron chi connectivity index (χ2n) is 34.7. The predicted molar refractivity (Wildman–Crippen MR) is 515 cm³/mol. The minimum Gasteiger partial charge on any atom is -0.493 e. The van der Waals surface area contributed by atoms with Crippen molar-refractivity contribution in [3.8, 4) is 11.5 Å². The number of nitrogens with two attached hydrogens (primary N) is 1. The maximum atomic E-state index is 14.2. The maximum absolute atomic E-state index is 14.2. The number of carbonyl (C=O) groups is 12. The first-order chi connectivity index (χ1) is 66.7. The number of carbonyl (C=O) groups excluding carboxylic acids is 12. The molecule has 0 bridgehead atoms. The molecule has 17 rings (SSSR count). The lowest BCUT2D eigenvalue weighted by Crippen LogP contribution is -2.54. The first-order valence-electron chi connectivity index (χ1n) is 44.9. The summed E-state index contributed by atoms with van der Waals surface area (Å²) in [4.78, 5) is 179. The van der Waals surface area contributed by atoms with Crippen LogP contribution >= 0.6 is 0 Å². The number of hydrogen-bond acceptors (Lipinski definition) is 24. The lowest BCUT2D eigenvalue weighted by atomic mass is 10.1. The van der Waals surface area contributed by atoms with Crippen molar-refractivity contribution in [2.45, 2.75) is 109 Å². The molecule has 4 atom stereocenters. The molecule has 13 heterocycles. The monoisotopic (exact) mass is 1890 g/mol. The Bertz CT molecular complexity index is 7030. The largest absolute Gasteiger partial charge is 0.493 e. The van der Waals surface area contributed by atoms with Gasteiger partial charge in [0, 0.05) is 165 Å². The molecule has 3 fully saturated rings. The summed E-state index contributed by atoms with van der Waals surface area (Å²) in [6.07, 6.45) is 18.7. The number of imidazole rings is 2. The van der Waals surface area contributed by atoms with Crippen LogP contribution in [0.3, 0.4) is 0 Å². The second-order valence-corrected chi connectivity index (χ2v) is 34.7. The van der Waals surface area contributed by atoms with Gasteiger partial charge in [-0.15, -0.1) is 0 Å². The minimum absolute atomic E-state index is 0.0300. The SMILES string of the molecule is C=C1C[C@H]2C=Nc3cc(OCCCC(=O)Nc4cn(C)c(C(=O)Cc5cc(C(=O)Nc6cc(C(=O)n7ncc8ccc(N)cc87)n(C)c6)n(C)c5)n4)c(C)cc3C(=O)N2C1.C=CCOC(=O)Nc1ccc2cnn(C(=O)c3cc(NC(=O)c4cc(CC(=O)c5nc(NC(=O)CCCOc6cc7c(cc6C)C(=O)N6CC(=C)C[C@H]6C(OC6CCCCO6)N7C(=O)OCC=C)cn5C)cn4C)cn3C)c2c1. The van der Waals surface area contributed by atoms with Crippen LogP contribution in [0.25, 0.3) is 21.8 Å². The van der Waals surface area contributed by atoms with Gasteiger partial charge in [-0.2, -0.15) is 19.6 Å². The molecule has 0 radical (unpaired) electrons. The van der Waals surface area contributed by atoms with Crippen LogP contribution in [0.15, 0.2) is 189 Å². The van der Waals surface area contributed by atoms with E-state index < -0.39 is 54.4 Å². The normalized spacial score (nSPS) is 15.9. The highest BCUT2D eigenvalue weighted by Crippen LogP contribution is 2.43. The summed E-state index contributed by atoms with van der Waals surface area (Å²) in [6.45, 7) is 20.7. The van der Waals surface area contributed by atoms with Gasteiger partial charge in [0.2, 0.25) is 23.4 Å². The molecule has 4 aromatic carbocycles. The fraction of sp³-hybridized carbons (Fsp3) is 0.303. The van der Waals surface area contributed by atoms with Gasteiger partial charge in [0.25, 0.3) is 35.4 Å². The van der Waals surface area contributed by atoms with Crippen molar-refractivity contribution in [1.29, 1.82) is 0 Å². The molecule has 8 aromatic heterocycles. The van der Waals surface area contributed by atoms with Crippen molar-refractivity contribution in [2.24, 2.45) is 47.3 Å². The number of aromatic nitrogens is 12. The van der Waals surface area contributed by atoms with Crippen LogP contribution in [0.1, 0.15) is 164 Å². The van der Waals surface area contributed by atoms with E-state index >= 15 is 0 Å². The number of aryl methyl sites for hydroxylation is 8.